The number of rotatable bonds is 3. The smallest absolute Gasteiger partial charge is 0.341 e. The Kier molecular flexibility index (Phi) is 5.12. The van der Waals surface area contributed by atoms with Crippen LogP contribution >= 0.6 is 11.6 Å². The monoisotopic (exact) mass is 445 g/mol. The second-order valence-corrected chi connectivity index (χ2v) is 8.02. The molecule has 1 aromatic carbocycles. The molecular formula is C20H17ClF5N3O. The fraction of sp³-hybridized carbons (Fsp3) is 0.400. The molecule has 1 N–H and O–H groups in total. The topological polar surface area (TPSA) is 45.2 Å². The average molecular weight is 446 g/mol. The van der Waals surface area contributed by atoms with Crippen LogP contribution in [0.1, 0.15) is 30.5 Å². The van der Waals surface area contributed by atoms with Crippen molar-refractivity contribution in [3.63, 3.8) is 0 Å². The zero-order valence-electron chi connectivity index (χ0n) is 15.7. The van der Waals surface area contributed by atoms with Gasteiger partial charge in [0.15, 0.2) is 5.82 Å². The van der Waals surface area contributed by atoms with Gasteiger partial charge < -0.3 is 10.2 Å². The molecule has 2 heterocycles. The van der Waals surface area contributed by atoms with Gasteiger partial charge in [0.05, 0.1) is 11.3 Å². The number of amides is 1. The van der Waals surface area contributed by atoms with E-state index in [0.717, 1.165) is 37.1 Å². The maximum Gasteiger partial charge on any atom is 0.416 e. The minimum Gasteiger partial charge on any atom is -0.341 e. The maximum atomic E-state index is 14.2. The first-order chi connectivity index (χ1) is 14.1. The number of piperidine rings is 1. The van der Waals surface area contributed by atoms with Gasteiger partial charge in [0, 0.05) is 11.7 Å². The maximum absolute atomic E-state index is 14.2. The zero-order chi connectivity index (χ0) is 21.8. The molecule has 4 rings (SSSR count). The highest BCUT2D eigenvalue weighted by Gasteiger charge is 2.50. The highest BCUT2D eigenvalue weighted by atomic mass is 35.5. The molecule has 0 unspecified atom stereocenters. The van der Waals surface area contributed by atoms with E-state index in [1.807, 2.05) is 0 Å². The Morgan fingerprint density at radius 1 is 1.23 bits per heavy atom. The van der Waals surface area contributed by atoms with Crippen molar-refractivity contribution < 1.29 is 26.7 Å². The molecule has 1 aromatic heterocycles. The number of hydrogen-bond acceptors (Lipinski definition) is 3. The zero-order valence-corrected chi connectivity index (χ0v) is 16.5. The van der Waals surface area contributed by atoms with Gasteiger partial charge in [-0.2, -0.15) is 13.2 Å². The van der Waals surface area contributed by atoms with Crippen molar-refractivity contribution in [2.45, 2.75) is 44.4 Å². The first kappa shape index (κ1) is 20.8. The van der Waals surface area contributed by atoms with Gasteiger partial charge in [-0.3, -0.25) is 4.79 Å². The van der Waals surface area contributed by atoms with Crippen LogP contribution in [0.3, 0.4) is 0 Å². The number of alkyl halides is 3. The number of carbonyl (C=O) groups is 1. The summed E-state index contributed by atoms with van der Waals surface area (Å²) in [7, 11) is 0. The van der Waals surface area contributed by atoms with E-state index in [1.54, 1.807) is 4.90 Å². The third-order valence-corrected chi connectivity index (χ3v) is 6.03. The fourth-order valence-electron chi connectivity index (χ4n) is 4.43. The van der Waals surface area contributed by atoms with Crippen molar-refractivity contribution in [3.05, 3.63) is 52.2 Å². The highest BCUT2D eigenvalue weighted by molar-refractivity contribution is 6.31. The van der Waals surface area contributed by atoms with Gasteiger partial charge in [0.1, 0.15) is 22.7 Å². The summed E-state index contributed by atoms with van der Waals surface area (Å²) < 4.78 is 67.4. The second-order valence-electron chi connectivity index (χ2n) is 7.64. The number of pyridine rings is 1. The van der Waals surface area contributed by atoms with Crippen LogP contribution in [0.2, 0.25) is 5.02 Å². The normalized spacial score (nSPS) is 23.2. The number of fused-ring (bicyclic) bond motifs is 2. The summed E-state index contributed by atoms with van der Waals surface area (Å²) in [6.45, 7) is 1.46. The van der Waals surface area contributed by atoms with Gasteiger partial charge in [0.25, 0.3) is 0 Å². The van der Waals surface area contributed by atoms with E-state index in [4.69, 9.17) is 11.6 Å². The molecule has 2 bridgehead atoms. The molecule has 1 aliphatic heterocycles. The quantitative estimate of drug-likeness (QED) is 0.512. The van der Waals surface area contributed by atoms with Gasteiger partial charge >= 0.3 is 6.18 Å². The number of halogens is 6. The summed E-state index contributed by atoms with van der Waals surface area (Å²) >= 11 is 5.56. The van der Waals surface area contributed by atoms with Crippen molar-refractivity contribution in [2.24, 2.45) is 5.92 Å². The molecule has 0 radical (unpaired) electrons. The minimum atomic E-state index is -4.55. The van der Waals surface area contributed by atoms with Crippen molar-refractivity contribution >= 4 is 29.0 Å². The summed E-state index contributed by atoms with van der Waals surface area (Å²) in [6, 6.07) is 2.91. The van der Waals surface area contributed by atoms with Crippen LogP contribution in [0.25, 0.3) is 0 Å². The van der Waals surface area contributed by atoms with Crippen LogP contribution in [0.15, 0.2) is 24.3 Å². The molecule has 1 saturated heterocycles. The molecule has 4 nitrogen and oxygen atoms in total. The Labute approximate surface area is 174 Å². The standard InChI is InChI=1S/C20H17ClF5N3O/c1-9-6-11(20(24,25)26)8-15(27-9)29-12-3-2-10(7-12)18(29)19(30)28-14-5-4-13(22)16(21)17(14)23/h4-6,8,10,12,18H,2-3,7H2,1H3,(H,28,30)/t10-,12+,18-/m0/s1. The third kappa shape index (κ3) is 3.59. The largest absolute Gasteiger partial charge is 0.416 e. The molecule has 2 fully saturated rings. The van der Waals surface area contributed by atoms with E-state index in [0.29, 0.717) is 6.42 Å². The van der Waals surface area contributed by atoms with Crippen LogP contribution in [-0.2, 0) is 11.0 Å². The Morgan fingerprint density at radius 2 is 1.97 bits per heavy atom. The van der Waals surface area contributed by atoms with Crippen LogP contribution in [-0.4, -0.2) is 23.0 Å². The Balaban J connectivity index is 1.67. The molecule has 10 heteroatoms. The van der Waals surface area contributed by atoms with Crippen LogP contribution in [0.5, 0.6) is 0 Å². The van der Waals surface area contributed by atoms with Crippen LogP contribution in [0, 0.1) is 24.5 Å². The van der Waals surface area contributed by atoms with E-state index in [2.05, 4.69) is 10.3 Å². The lowest BCUT2D eigenvalue weighted by Crippen LogP contribution is -2.49. The molecule has 30 heavy (non-hydrogen) atoms. The molecule has 1 amide bonds. The van der Waals surface area contributed by atoms with E-state index in [9.17, 15) is 26.7 Å². The van der Waals surface area contributed by atoms with Gasteiger partial charge in [-0.1, -0.05) is 11.6 Å². The third-order valence-electron chi connectivity index (χ3n) is 5.68. The summed E-state index contributed by atoms with van der Waals surface area (Å²) in [4.78, 5) is 18.8. The van der Waals surface area contributed by atoms with Crippen molar-refractivity contribution in [1.29, 1.82) is 0 Å². The van der Waals surface area contributed by atoms with Crippen molar-refractivity contribution in [3.8, 4) is 0 Å². The molecule has 2 aromatic rings. The van der Waals surface area contributed by atoms with Gasteiger partial charge in [0.2, 0.25) is 5.91 Å². The summed E-state index contributed by atoms with van der Waals surface area (Å²) in [5.41, 5.74) is -0.955. The lowest BCUT2D eigenvalue weighted by atomic mass is 9.97. The van der Waals surface area contributed by atoms with Gasteiger partial charge in [-0.05, 0) is 56.4 Å². The first-order valence-electron chi connectivity index (χ1n) is 9.35. The number of nitrogens with one attached hydrogen (secondary N) is 1. The number of anilines is 2. The molecular weight excluding hydrogens is 429 g/mol. The van der Waals surface area contributed by atoms with Crippen LogP contribution in [0.4, 0.5) is 33.5 Å². The Hall–Kier alpha value is -2.42. The fourth-order valence-corrected chi connectivity index (χ4v) is 4.60. The number of carbonyl (C=O) groups excluding carboxylic acids is 1. The van der Waals surface area contributed by atoms with Gasteiger partial charge in [-0.25, -0.2) is 13.8 Å². The lowest BCUT2D eigenvalue weighted by Gasteiger charge is -2.35. The molecule has 2 aliphatic rings. The summed E-state index contributed by atoms with van der Waals surface area (Å²) in [6.07, 6.45) is -2.47. The molecule has 3 atom stereocenters. The van der Waals surface area contributed by atoms with E-state index >= 15 is 0 Å². The number of benzene rings is 1. The second kappa shape index (κ2) is 7.37. The summed E-state index contributed by atoms with van der Waals surface area (Å²) in [5.74, 6) is -2.70. The molecule has 160 valence electrons. The SMILES string of the molecule is Cc1cc(C(F)(F)F)cc(N2[C@@H]3CC[C@@H](C3)[C@H]2C(=O)Nc2ccc(F)c(Cl)c2F)n1. The number of aromatic nitrogens is 1. The Bertz CT molecular complexity index is 1010. The summed E-state index contributed by atoms with van der Waals surface area (Å²) in [5, 5.41) is 1.66. The molecule has 1 aliphatic carbocycles. The molecule has 1 saturated carbocycles. The minimum absolute atomic E-state index is 0.0623. The van der Waals surface area contributed by atoms with Crippen molar-refractivity contribution in [2.75, 3.05) is 10.2 Å². The molecule has 0 spiro atoms. The first-order valence-corrected chi connectivity index (χ1v) is 9.72. The average Bonchev–Trinajstić information content (AvgIpc) is 3.28. The predicted molar refractivity (Wildman–Crippen MR) is 101 cm³/mol. The predicted octanol–water partition coefficient (Wildman–Crippen LogP) is 5.34. The lowest BCUT2D eigenvalue weighted by molar-refractivity contribution is -0.137. The van der Waals surface area contributed by atoms with E-state index < -0.39 is 40.3 Å². The number of nitrogens with zero attached hydrogens (tertiary/aromatic N) is 2. The highest BCUT2D eigenvalue weighted by Crippen LogP contribution is 2.45. The van der Waals surface area contributed by atoms with Crippen molar-refractivity contribution in [1.82, 2.24) is 4.98 Å². The Morgan fingerprint density at radius 3 is 2.67 bits per heavy atom. The number of hydrogen-bond donors (Lipinski definition) is 1. The number of aryl methyl sites for hydroxylation is 1. The van der Waals surface area contributed by atoms with E-state index in [1.165, 1.54) is 6.92 Å². The van der Waals surface area contributed by atoms with Crippen LogP contribution < -0.4 is 10.2 Å². The van der Waals surface area contributed by atoms with E-state index in [-0.39, 0.29) is 29.2 Å². The van der Waals surface area contributed by atoms with Gasteiger partial charge in [-0.15, -0.1) is 0 Å².